The van der Waals surface area contributed by atoms with E-state index in [0.29, 0.717) is 0 Å². The average molecular weight is 369 g/mol. The van der Waals surface area contributed by atoms with Gasteiger partial charge in [0.05, 0.1) is 5.56 Å². The molecule has 1 heterocycles. The van der Waals surface area contributed by atoms with Gasteiger partial charge in [0.1, 0.15) is 33.7 Å². The van der Waals surface area contributed by atoms with E-state index in [1.807, 2.05) is 42.5 Å². The lowest BCUT2D eigenvalue weighted by atomic mass is 10.1. The van der Waals surface area contributed by atoms with E-state index in [1.165, 1.54) is 16.7 Å². The highest BCUT2D eigenvalue weighted by atomic mass is 32.2. The van der Waals surface area contributed by atoms with Crippen LogP contribution in [0.25, 0.3) is 0 Å². The zero-order chi connectivity index (χ0) is 17.7. The van der Waals surface area contributed by atoms with Crippen LogP contribution in [0.3, 0.4) is 0 Å². The molecule has 0 saturated carbocycles. The van der Waals surface area contributed by atoms with Gasteiger partial charge in [-0.3, -0.25) is 4.55 Å². The zero-order valence-electron chi connectivity index (χ0n) is 13.7. The van der Waals surface area contributed by atoms with Gasteiger partial charge in [-0.1, -0.05) is 42.5 Å². The summed E-state index contributed by atoms with van der Waals surface area (Å²) in [7, 11) is -6.16. The Balaban J connectivity index is 2.06. The topological polar surface area (TPSA) is 54.4 Å². The highest BCUT2D eigenvalue weighted by molar-refractivity contribution is 7.97. The molecule has 0 saturated heterocycles. The Hall–Kier alpha value is -2.00. The Labute approximate surface area is 148 Å². The number of rotatable bonds is 3. The molecule has 4 rings (SSSR count). The smallest absolute Gasteiger partial charge is 0.282 e. The van der Waals surface area contributed by atoms with Crippen molar-refractivity contribution < 1.29 is 13.0 Å². The van der Waals surface area contributed by atoms with Gasteiger partial charge < -0.3 is 0 Å². The van der Waals surface area contributed by atoms with Crippen LogP contribution in [0.5, 0.6) is 0 Å². The fourth-order valence-electron chi connectivity index (χ4n) is 4.02. The predicted molar refractivity (Wildman–Crippen MR) is 103 cm³/mol. The van der Waals surface area contributed by atoms with Crippen LogP contribution in [-0.2, 0) is 10.1 Å². The van der Waals surface area contributed by atoms with Gasteiger partial charge in [-0.2, -0.15) is 8.42 Å². The maximum Gasteiger partial charge on any atom is 0.295 e. The van der Waals surface area contributed by atoms with Crippen LogP contribution in [0, 0.1) is 0 Å². The van der Waals surface area contributed by atoms with Gasteiger partial charge in [0.25, 0.3) is 10.1 Å². The molecule has 1 atom stereocenters. The minimum Gasteiger partial charge on any atom is -0.282 e. The Bertz CT molecular complexity index is 992. The second-order valence-corrected chi connectivity index (χ2v) is 11.4. The summed E-state index contributed by atoms with van der Waals surface area (Å²) in [6, 6.07) is 25.8. The van der Waals surface area contributed by atoms with Gasteiger partial charge in [-0.15, -0.1) is 0 Å². The molecular formula is C20H18O3PS+. The zero-order valence-corrected chi connectivity index (χ0v) is 15.4. The van der Waals surface area contributed by atoms with Crippen molar-refractivity contribution in [1.29, 1.82) is 0 Å². The molecule has 1 unspecified atom stereocenters. The first-order chi connectivity index (χ1) is 12.0. The Morgan fingerprint density at radius 1 is 0.800 bits per heavy atom. The molecule has 0 bridgehead atoms. The third-order valence-corrected chi connectivity index (χ3v) is 10.7. The lowest BCUT2D eigenvalue weighted by Gasteiger charge is -2.42. The van der Waals surface area contributed by atoms with Crippen LogP contribution in [0.15, 0.2) is 83.8 Å². The summed E-state index contributed by atoms with van der Waals surface area (Å²) in [5.74, 6) is 0. The number of benzene rings is 3. The molecule has 126 valence electrons. The second kappa shape index (κ2) is 5.77. The first-order valence-electron chi connectivity index (χ1n) is 8.08. The standard InChI is InChI=1S/C20H17O3PS/c1-15-20-18(13-8-14-19(20)25(21,22)23)24(15,16-9-4-2-5-10-16)17-11-6-3-7-12-17/h2-15H,1H3/p+1. The lowest BCUT2D eigenvalue weighted by Crippen LogP contribution is -2.45. The van der Waals surface area contributed by atoms with E-state index in [1.54, 1.807) is 6.07 Å². The van der Waals surface area contributed by atoms with Crippen molar-refractivity contribution in [2.24, 2.45) is 0 Å². The summed E-state index contributed by atoms with van der Waals surface area (Å²) in [5, 5.41) is 3.51. The average Bonchev–Trinajstić information content (AvgIpc) is 2.62. The SMILES string of the molecule is CC1c2c(cccc2S(=O)(=O)O)[P+]1(c1ccccc1)c1ccccc1. The predicted octanol–water partition coefficient (Wildman–Crippen LogP) is 3.30. The number of hydrogen-bond acceptors (Lipinski definition) is 2. The molecule has 5 heteroatoms. The van der Waals surface area contributed by atoms with Crippen molar-refractivity contribution >= 4 is 33.3 Å². The minimum absolute atomic E-state index is 0.0328. The molecule has 0 aromatic heterocycles. The van der Waals surface area contributed by atoms with Gasteiger partial charge in [-0.05, 0) is 43.3 Å². The molecule has 1 aliphatic rings. The molecule has 1 N–H and O–H groups in total. The summed E-state index contributed by atoms with van der Waals surface area (Å²) in [4.78, 5) is 0.0417. The maximum absolute atomic E-state index is 11.8. The Morgan fingerprint density at radius 3 is 1.80 bits per heavy atom. The van der Waals surface area contributed by atoms with E-state index in [-0.39, 0.29) is 10.6 Å². The molecule has 1 aliphatic heterocycles. The third kappa shape index (κ3) is 2.29. The first-order valence-corrected chi connectivity index (χ1v) is 11.4. The highest BCUT2D eigenvalue weighted by Crippen LogP contribution is 2.74. The van der Waals surface area contributed by atoms with Crippen molar-refractivity contribution in [3.63, 3.8) is 0 Å². The molecule has 0 radical (unpaired) electrons. The van der Waals surface area contributed by atoms with Crippen LogP contribution in [0.4, 0.5) is 0 Å². The molecule has 0 fully saturated rings. The van der Waals surface area contributed by atoms with E-state index in [2.05, 4.69) is 31.2 Å². The Morgan fingerprint density at radius 2 is 1.32 bits per heavy atom. The van der Waals surface area contributed by atoms with Gasteiger partial charge in [-0.25, -0.2) is 0 Å². The molecule has 3 aromatic carbocycles. The third-order valence-electron chi connectivity index (χ3n) is 5.03. The maximum atomic E-state index is 11.8. The normalized spacial score (nSPS) is 18.2. The van der Waals surface area contributed by atoms with Gasteiger partial charge in [0, 0.05) is 0 Å². The molecular weight excluding hydrogens is 351 g/mol. The largest absolute Gasteiger partial charge is 0.295 e. The van der Waals surface area contributed by atoms with Crippen LogP contribution in [0.1, 0.15) is 18.1 Å². The van der Waals surface area contributed by atoms with E-state index in [0.717, 1.165) is 10.9 Å². The van der Waals surface area contributed by atoms with Crippen molar-refractivity contribution in [2.45, 2.75) is 17.5 Å². The van der Waals surface area contributed by atoms with E-state index in [4.69, 9.17) is 0 Å². The first kappa shape index (κ1) is 16.5. The fourth-order valence-corrected chi connectivity index (χ4v) is 9.93. The molecule has 3 nitrogen and oxygen atoms in total. The van der Waals surface area contributed by atoms with Crippen molar-refractivity contribution in [3.8, 4) is 0 Å². The lowest BCUT2D eigenvalue weighted by molar-refractivity contribution is 0.482. The van der Waals surface area contributed by atoms with Crippen LogP contribution < -0.4 is 15.9 Å². The summed E-state index contributed by atoms with van der Waals surface area (Å²) in [5.41, 5.74) is 0.788. The van der Waals surface area contributed by atoms with Crippen LogP contribution in [0.2, 0.25) is 0 Å². The van der Waals surface area contributed by atoms with E-state index in [9.17, 15) is 13.0 Å². The van der Waals surface area contributed by atoms with Crippen molar-refractivity contribution in [3.05, 3.63) is 84.4 Å². The Kier molecular flexibility index (Phi) is 3.80. The highest BCUT2D eigenvalue weighted by Gasteiger charge is 2.62. The van der Waals surface area contributed by atoms with Crippen LogP contribution >= 0.6 is 7.26 Å². The van der Waals surface area contributed by atoms with Crippen LogP contribution in [-0.4, -0.2) is 13.0 Å². The van der Waals surface area contributed by atoms with Gasteiger partial charge in [0.15, 0.2) is 0 Å². The van der Waals surface area contributed by atoms with Crippen molar-refractivity contribution in [1.82, 2.24) is 0 Å². The quantitative estimate of drug-likeness (QED) is 0.569. The number of hydrogen-bond donors (Lipinski definition) is 1. The molecule has 0 amide bonds. The molecule has 3 aromatic rings. The summed E-state index contributed by atoms with van der Waals surface area (Å²) in [6.07, 6.45) is 0. The molecule has 0 aliphatic carbocycles. The number of fused-ring (bicyclic) bond motifs is 1. The van der Waals surface area contributed by atoms with E-state index >= 15 is 0 Å². The molecule has 25 heavy (non-hydrogen) atoms. The van der Waals surface area contributed by atoms with Gasteiger partial charge >= 0.3 is 0 Å². The van der Waals surface area contributed by atoms with E-state index < -0.39 is 17.4 Å². The van der Waals surface area contributed by atoms with Crippen molar-refractivity contribution in [2.75, 3.05) is 0 Å². The monoisotopic (exact) mass is 369 g/mol. The molecule has 0 spiro atoms. The summed E-state index contributed by atoms with van der Waals surface area (Å²) in [6.45, 7) is 2.07. The summed E-state index contributed by atoms with van der Waals surface area (Å²) >= 11 is 0. The minimum atomic E-state index is -4.23. The van der Waals surface area contributed by atoms with Gasteiger partial charge in [0.2, 0.25) is 0 Å². The second-order valence-electron chi connectivity index (χ2n) is 6.23. The fraction of sp³-hybridized carbons (Fsp3) is 0.100. The summed E-state index contributed by atoms with van der Waals surface area (Å²) < 4.78 is 33.3.